The lowest BCUT2D eigenvalue weighted by molar-refractivity contribution is 0.427. The van der Waals surface area contributed by atoms with Crippen LogP contribution in [-0.4, -0.2) is 6.04 Å². The third kappa shape index (κ3) is 2.40. The fourth-order valence-corrected chi connectivity index (χ4v) is 2.92. The van der Waals surface area contributed by atoms with Crippen molar-refractivity contribution in [3.8, 4) is 0 Å². The summed E-state index contributed by atoms with van der Waals surface area (Å²) in [6, 6.07) is 9.10. The molecule has 2 N–H and O–H groups in total. The minimum Gasteiger partial charge on any atom is -0.327 e. The van der Waals surface area contributed by atoms with Gasteiger partial charge in [0.05, 0.1) is 0 Å². The maximum Gasteiger partial charge on any atom is 0.0103 e. The first-order chi connectivity index (χ1) is 8.03. The second-order valence-corrected chi connectivity index (χ2v) is 6.08. The number of nitrogens with two attached hydrogens (primary N) is 1. The summed E-state index contributed by atoms with van der Waals surface area (Å²) in [6.07, 6.45) is 5.48. The number of rotatable bonds is 3. The fraction of sp³-hybridized carbons (Fsp3) is 0.625. The van der Waals surface area contributed by atoms with E-state index >= 15 is 0 Å². The molecule has 1 atom stereocenters. The van der Waals surface area contributed by atoms with Crippen LogP contribution < -0.4 is 5.73 Å². The molecule has 0 saturated heterocycles. The van der Waals surface area contributed by atoms with Crippen molar-refractivity contribution in [1.29, 1.82) is 0 Å². The molecule has 0 spiro atoms. The minimum atomic E-state index is 0.0686. The smallest absolute Gasteiger partial charge is 0.0103 e. The highest BCUT2D eigenvalue weighted by Crippen LogP contribution is 2.40. The summed E-state index contributed by atoms with van der Waals surface area (Å²) in [5.74, 6) is 0.768. The monoisotopic (exact) mass is 231 g/mol. The Morgan fingerprint density at radius 1 is 1.18 bits per heavy atom. The van der Waals surface area contributed by atoms with Crippen molar-refractivity contribution in [3.63, 3.8) is 0 Å². The van der Waals surface area contributed by atoms with E-state index in [4.69, 9.17) is 5.73 Å². The van der Waals surface area contributed by atoms with Crippen LogP contribution in [0.3, 0.4) is 0 Å². The lowest BCUT2D eigenvalue weighted by Gasteiger charge is -2.33. The van der Waals surface area contributed by atoms with Crippen molar-refractivity contribution < 1.29 is 0 Å². The van der Waals surface area contributed by atoms with Gasteiger partial charge >= 0.3 is 0 Å². The number of hydrogen-bond acceptors (Lipinski definition) is 1. The van der Waals surface area contributed by atoms with Crippen molar-refractivity contribution in [2.45, 2.75) is 63.8 Å². The molecular weight excluding hydrogens is 206 g/mol. The zero-order valence-electron chi connectivity index (χ0n) is 11.4. The number of hydrogen-bond donors (Lipinski definition) is 1. The molecule has 1 aromatic carbocycles. The first-order valence-electron chi connectivity index (χ1n) is 6.88. The summed E-state index contributed by atoms with van der Waals surface area (Å²) in [5.41, 5.74) is 9.25. The predicted molar refractivity (Wildman–Crippen MR) is 74.3 cm³/mol. The Balaban J connectivity index is 2.39. The van der Waals surface area contributed by atoms with Crippen LogP contribution in [0.4, 0.5) is 0 Å². The van der Waals surface area contributed by atoms with Crippen molar-refractivity contribution in [2.75, 3.05) is 0 Å². The molecule has 1 fully saturated rings. The summed E-state index contributed by atoms with van der Waals surface area (Å²) in [6.45, 7) is 6.66. The molecule has 0 aliphatic heterocycles. The molecular formula is C16H25N. The van der Waals surface area contributed by atoms with E-state index in [9.17, 15) is 0 Å². The van der Waals surface area contributed by atoms with Gasteiger partial charge in [0.1, 0.15) is 0 Å². The second-order valence-electron chi connectivity index (χ2n) is 6.08. The normalized spacial score (nSPS) is 19.5. The summed E-state index contributed by atoms with van der Waals surface area (Å²) >= 11 is 0. The van der Waals surface area contributed by atoms with Gasteiger partial charge in [-0.15, -0.1) is 0 Å². The van der Waals surface area contributed by atoms with E-state index in [1.807, 2.05) is 0 Å². The quantitative estimate of drug-likeness (QED) is 0.837. The van der Waals surface area contributed by atoms with Crippen LogP contribution in [0.2, 0.25) is 0 Å². The van der Waals surface area contributed by atoms with Gasteiger partial charge < -0.3 is 5.73 Å². The standard InChI is InChI=1S/C16H25N/c1-12(17)16(2,3)15-11-7-6-10-14(15)13-8-4-5-9-13/h6-7,10-13H,4-5,8-9,17H2,1-3H3. The molecule has 0 bridgehead atoms. The van der Waals surface area contributed by atoms with E-state index in [0.29, 0.717) is 0 Å². The van der Waals surface area contributed by atoms with Crippen LogP contribution in [0.15, 0.2) is 24.3 Å². The maximum atomic E-state index is 6.17. The fourth-order valence-electron chi connectivity index (χ4n) is 2.92. The van der Waals surface area contributed by atoms with Gasteiger partial charge in [0, 0.05) is 11.5 Å². The van der Waals surface area contributed by atoms with Crippen molar-refractivity contribution in [1.82, 2.24) is 0 Å². The molecule has 1 unspecified atom stereocenters. The van der Waals surface area contributed by atoms with Crippen LogP contribution in [0.5, 0.6) is 0 Å². The van der Waals surface area contributed by atoms with Gasteiger partial charge in [0.25, 0.3) is 0 Å². The van der Waals surface area contributed by atoms with Gasteiger partial charge in [-0.2, -0.15) is 0 Å². The first kappa shape index (κ1) is 12.6. The van der Waals surface area contributed by atoms with E-state index in [1.54, 1.807) is 5.56 Å². The van der Waals surface area contributed by atoms with Crippen molar-refractivity contribution >= 4 is 0 Å². The molecule has 94 valence electrons. The van der Waals surface area contributed by atoms with Crippen LogP contribution >= 0.6 is 0 Å². The number of benzene rings is 1. The second kappa shape index (κ2) is 4.81. The van der Waals surface area contributed by atoms with Gasteiger partial charge in [-0.05, 0) is 36.8 Å². The highest BCUT2D eigenvalue weighted by molar-refractivity contribution is 5.37. The molecule has 1 aliphatic carbocycles. The minimum absolute atomic E-state index is 0.0686. The lowest BCUT2D eigenvalue weighted by Crippen LogP contribution is -2.39. The zero-order chi connectivity index (χ0) is 12.5. The molecule has 1 saturated carbocycles. The molecule has 2 rings (SSSR count). The molecule has 1 aliphatic rings. The first-order valence-corrected chi connectivity index (χ1v) is 6.88. The molecule has 0 heterocycles. The Morgan fingerprint density at radius 2 is 1.76 bits per heavy atom. The summed E-state index contributed by atoms with van der Waals surface area (Å²) in [4.78, 5) is 0. The molecule has 1 nitrogen and oxygen atoms in total. The van der Waals surface area contributed by atoms with Gasteiger partial charge in [0.15, 0.2) is 0 Å². The van der Waals surface area contributed by atoms with E-state index in [2.05, 4.69) is 45.0 Å². The molecule has 0 radical (unpaired) electrons. The van der Waals surface area contributed by atoms with Crippen molar-refractivity contribution in [3.05, 3.63) is 35.4 Å². The SMILES string of the molecule is CC(N)C(C)(C)c1ccccc1C1CCCC1. The summed E-state index contributed by atoms with van der Waals surface area (Å²) < 4.78 is 0. The van der Waals surface area contributed by atoms with Crippen LogP contribution in [0.25, 0.3) is 0 Å². The Morgan fingerprint density at radius 3 is 2.35 bits per heavy atom. The van der Waals surface area contributed by atoms with Crippen LogP contribution in [0.1, 0.15) is 63.5 Å². The Labute approximate surface area is 105 Å². The Bertz CT molecular complexity index is 373. The molecule has 0 amide bonds. The van der Waals surface area contributed by atoms with E-state index in [0.717, 1.165) is 5.92 Å². The molecule has 0 aromatic heterocycles. The average molecular weight is 231 g/mol. The van der Waals surface area contributed by atoms with E-state index in [1.165, 1.54) is 31.2 Å². The Hall–Kier alpha value is -0.820. The highest BCUT2D eigenvalue weighted by atomic mass is 14.7. The van der Waals surface area contributed by atoms with Crippen molar-refractivity contribution in [2.24, 2.45) is 5.73 Å². The summed E-state index contributed by atoms with van der Waals surface area (Å²) in [5, 5.41) is 0. The van der Waals surface area contributed by atoms with E-state index in [-0.39, 0.29) is 11.5 Å². The zero-order valence-corrected chi connectivity index (χ0v) is 11.4. The van der Waals surface area contributed by atoms with Crippen LogP contribution in [0, 0.1) is 0 Å². The lowest BCUT2D eigenvalue weighted by atomic mass is 9.74. The molecule has 1 heteroatoms. The van der Waals surface area contributed by atoms with Gasteiger partial charge in [-0.3, -0.25) is 0 Å². The molecule has 17 heavy (non-hydrogen) atoms. The maximum absolute atomic E-state index is 6.17. The third-order valence-electron chi connectivity index (χ3n) is 4.59. The van der Waals surface area contributed by atoms with Gasteiger partial charge in [0.2, 0.25) is 0 Å². The molecule has 1 aromatic rings. The largest absolute Gasteiger partial charge is 0.327 e. The predicted octanol–water partition coefficient (Wildman–Crippen LogP) is 3.97. The summed E-state index contributed by atoms with van der Waals surface area (Å²) in [7, 11) is 0. The Kier molecular flexibility index (Phi) is 3.58. The highest BCUT2D eigenvalue weighted by Gasteiger charge is 2.30. The third-order valence-corrected chi connectivity index (χ3v) is 4.59. The van der Waals surface area contributed by atoms with Gasteiger partial charge in [-0.1, -0.05) is 51.0 Å². The van der Waals surface area contributed by atoms with Gasteiger partial charge in [-0.25, -0.2) is 0 Å². The average Bonchev–Trinajstić information content (AvgIpc) is 2.82. The van der Waals surface area contributed by atoms with E-state index < -0.39 is 0 Å². The topological polar surface area (TPSA) is 26.0 Å². The van der Waals surface area contributed by atoms with Crippen LogP contribution in [-0.2, 0) is 5.41 Å².